The highest BCUT2D eigenvalue weighted by Gasteiger charge is 2.35. The fourth-order valence-electron chi connectivity index (χ4n) is 3.24. The fraction of sp³-hybridized carbons (Fsp3) is 0.571. The smallest absolute Gasteiger partial charge is 0.115 e. The lowest BCUT2D eigenvalue weighted by Crippen LogP contribution is -2.47. The maximum atomic E-state index is 9.31. The first-order valence-corrected chi connectivity index (χ1v) is 6.50. The van der Waals surface area contributed by atoms with Gasteiger partial charge in [-0.2, -0.15) is 0 Å². The van der Waals surface area contributed by atoms with E-state index in [0.717, 1.165) is 12.1 Å². The van der Waals surface area contributed by atoms with Crippen molar-refractivity contribution in [1.29, 1.82) is 0 Å². The third-order valence-corrected chi connectivity index (χ3v) is 4.25. The predicted molar refractivity (Wildman–Crippen MR) is 69.5 cm³/mol. The molecule has 0 amide bonds. The van der Waals surface area contributed by atoms with Crippen molar-refractivity contribution >= 4 is 5.69 Å². The van der Waals surface area contributed by atoms with Gasteiger partial charge in [-0.1, -0.05) is 0 Å². The summed E-state index contributed by atoms with van der Waals surface area (Å²) >= 11 is 0. The molecule has 0 saturated carbocycles. The molecule has 3 rings (SSSR count). The number of aromatic hydroxyl groups is 1. The van der Waals surface area contributed by atoms with Crippen LogP contribution in [-0.4, -0.2) is 30.3 Å². The van der Waals surface area contributed by atoms with E-state index in [1.54, 1.807) is 12.1 Å². The summed E-state index contributed by atoms with van der Waals surface area (Å²) in [5, 5.41) is 13.0. The zero-order chi connectivity index (χ0) is 11.8. The highest BCUT2D eigenvalue weighted by atomic mass is 16.3. The number of piperidine rings is 1. The second-order valence-corrected chi connectivity index (χ2v) is 5.39. The highest BCUT2D eigenvalue weighted by molar-refractivity contribution is 5.49. The van der Waals surface area contributed by atoms with Crippen molar-refractivity contribution in [3.8, 4) is 5.75 Å². The molecule has 2 unspecified atom stereocenters. The Kier molecular flexibility index (Phi) is 2.71. The van der Waals surface area contributed by atoms with Gasteiger partial charge in [-0.15, -0.1) is 0 Å². The van der Waals surface area contributed by atoms with E-state index in [9.17, 15) is 5.11 Å². The van der Waals surface area contributed by atoms with E-state index in [2.05, 4.69) is 17.3 Å². The quantitative estimate of drug-likeness (QED) is 0.820. The molecule has 1 aromatic rings. The molecule has 2 aliphatic heterocycles. The summed E-state index contributed by atoms with van der Waals surface area (Å²) < 4.78 is 0. The van der Waals surface area contributed by atoms with E-state index >= 15 is 0 Å². The van der Waals surface area contributed by atoms with Crippen molar-refractivity contribution in [2.45, 2.75) is 43.8 Å². The van der Waals surface area contributed by atoms with Crippen LogP contribution in [0.4, 0.5) is 5.69 Å². The molecule has 2 aliphatic rings. The summed E-state index contributed by atoms with van der Waals surface area (Å²) in [4.78, 5) is 2.37. The number of fused-ring (bicyclic) bond motifs is 2. The second kappa shape index (κ2) is 4.22. The molecule has 0 radical (unpaired) electrons. The Hall–Kier alpha value is -1.22. The molecule has 1 aromatic carbocycles. The highest BCUT2D eigenvalue weighted by Crippen LogP contribution is 2.31. The molecule has 2 saturated heterocycles. The van der Waals surface area contributed by atoms with Crippen molar-refractivity contribution in [3.63, 3.8) is 0 Å². The van der Waals surface area contributed by atoms with E-state index in [-0.39, 0.29) is 0 Å². The number of nitrogens with zero attached hydrogens (tertiary/aromatic N) is 1. The van der Waals surface area contributed by atoms with Crippen molar-refractivity contribution in [1.82, 2.24) is 5.32 Å². The molecule has 0 aliphatic carbocycles. The van der Waals surface area contributed by atoms with Gasteiger partial charge in [0.25, 0.3) is 0 Å². The van der Waals surface area contributed by atoms with Crippen LogP contribution < -0.4 is 10.2 Å². The summed E-state index contributed by atoms with van der Waals surface area (Å²) in [6, 6.07) is 9.61. The molecule has 2 N–H and O–H groups in total. The molecule has 0 spiro atoms. The number of benzene rings is 1. The van der Waals surface area contributed by atoms with Crippen LogP contribution in [0, 0.1) is 0 Å². The Bertz CT molecular complexity index is 378. The van der Waals surface area contributed by atoms with Crippen molar-refractivity contribution in [3.05, 3.63) is 24.3 Å². The average molecular weight is 232 g/mol. The zero-order valence-electron chi connectivity index (χ0n) is 10.3. The van der Waals surface area contributed by atoms with Crippen LogP contribution in [0.3, 0.4) is 0 Å². The van der Waals surface area contributed by atoms with Gasteiger partial charge in [-0.25, -0.2) is 0 Å². The summed E-state index contributed by atoms with van der Waals surface area (Å²) in [5.41, 5.74) is 1.20. The largest absolute Gasteiger partial charge is 0.508 e. The Morgan fingerprint density at radius 3 is 2.29 bits per heavy atom. The van der Waals surface area contributed by atoms with Crippen molar-refractivity contribution < 1.29 is 5.11 Å². The third-order valence-electron chi connectivity index (χ3n) is 4.25. The van der Waals surface area contributed by atoms with Crippen LogP contribution in [-0.2, 0) is 0 Å². The van der Waals surface area contributed by atoms with Crippen LogP contribution in [0.1, 0.15) is 25.7 Å². The standard InChI is InChI=1S/C14H20N2O/c1-16(12-4-6-14(17)7-5-12)13-8-10-2-3-11(9-13)15-10/h4-7,10-11,13,15,17H,2-3,8-9H2,1H3. The SMILES string of the molecule is CN(c1ccc(O)cc1)C1CC2CCC(C1)N2. The lowest BCUT2D eigenvalue weighted by Gasteiger charge is -2.36. The lowest BCUT2D eigenvalue weighted by molar-refractivity contribution is 0.354. The fourth-order valence-corrected chi connectivity index (χ4v) is 3.24. The molecule has 2 fully saturated rings. The van der Waals surface area contributed by atoms with Crippen molar-refractivity contribution in [2.75, 3.05) is 11.9 Å². The van der Waals surface area contributed by atoms with Crippen LogP contribution in [0.5, 0.6) is 5.75 Å². The van der Waals surface area contributed by atoms with Crippen LogP contribution >= 0.6 is 0 Å². The Balaban J connectivity index is 1.73. The normalized spacial score (nSPS) is 31.5. The Morgan fingerprint density at radius 2 is 1.71 bits per heavy atom. The minimum atomic E-state index is 0.340. The van der Waals surface area contributed by atoms with Gasteiger partial charge in [0.1, 0.15) is 5.75 Å². The first kappa shape index (κ1) is 10.9. The number of phenols is 1. The first-order chi connectivity index (χ1) is 8.22. The minimum absolute atomic E-state index is 0.340. The minimum Gasteiger partial charge on any atom is -0.508 e. The van der Waals surface area contributed by atoms with Gasteiger partial charge in [0.05, 0.1) is 0 Å². The summed E-state index contributed by atoms with van der Waals surface area (Å²) in [5.74, 6) is 0.340. The average Bonchev–Trinajstić information content (AvgIpc) is 2.68. The molecule has 2 bridgehead atoms. The van der Waals surface area contributed by atoms with E-state index in [0.29, 0.717) is 11.8 Å². The summed E-state index contributed by atoms with van der Waals surface area (Å²) in [6.45, 7) is 0. The monoisotopic (exact) mass is 232 g/mol. The molecule has 0 aromatic heterocycles. The van der Waals surface area contributed by atoms with Gasteiger partial charge in [0.2, 0.25) is 0 Å². The molecule has 2 atom stereocenters. The van der Waals surface area contributed by atoms with Crippen LogP contribution in [0.25, 0.3) is 0 Å². The predicted octanol–water partition coefficient (Wildman–Crippen LogP) is 2.11. The Morgan fingerprint density at radius 1 is 1.12 bits per heavy atom. The van der Waals surface area contributed by atoms with E-state index in [1.807, 2.05) is 12.1 Å². The number of phenolic OH excluding ortho intramolecular Hbond substituents is 1. The second-order valence-electron chi connectivity index (χ2n) is 5.39. The van der Waals surface area contributed by atoms with Crippen LogP contribution in [0.2, 0.25) is 0 Å². The van der Waals surface area contributed by atoms with Gasteiger partial charge in [-0.3, -0.25) is 0 Å². The van der Waals surface area contributed by atoms with E-state index in [1.165, 1.54) is 31.4 Å². The molecule has 2 heterocycles. The number of nitrogens with one attached hydrogen (secondary N) is 1. The molecule has 3 heteroatoms. The van der Waals surface area contributed by atoms with Gasteiger partial charge < -0.3 is 15.3 Å². The van der Waals surface area contributed by atoms with Gasteiger partial charge in [0.15, 0.2) is 0 Å². The summed E-state index contributed by atoms with van der Waals surface area (Å²) in [6.07, 6.45) is 5.16. The number of hydrogen-bond acceptors (Lipinski definition) is 3. The van der Waals surface area contributed by atoms with Crippen molar-refractivity contribution in [2.24, 2.45) is 0 Å². The van der Waals surface area contributed by atoms with E-state index < -0.39 is 0 Å². The summed E-state index contributed by atoms with van der Waals surface area (Å²) in [7, 11) is 2.17. The topological polar surface area (TPSA) is 35.5 Å². The maximum Gasteiger partial charge on any atom is 0.115 e. The molecular formula is C14H20N2O. The molecule has 3 nitrogen and oxygen atoms in total. The van der Waals surface area contributed by atoms with Crippen LogP contribution in [0.15, 0.2) is 24.3 Å². The lowest BCUT2D eigenvalue weighted by atomic mass is 9.98. The van der Waals surface area contributed by atoms with Gasteiger partial charge in [-0.05, 0) is 49.9 Å². The first-order valence-electron chi connectivity index (χ1n) is 6.50. The van der Waals surface area contributed by atoms with Gasteiger partial charge in [0, 0.05) is 30.9 Å². The number of anilines is 1. The van der Waals surface area contributed by atoms with E-state index in [4.69, 9.17) is 0 Å². The number of hydrogen-bond donors (Lipinski definition) is 2. The molecule has 17 heavy (non-hydrogen) atoms. The molecular weight excluding hydrogens is 212 g/mol. The third kappa shape index (κ3) is 2.12. The maximum absolute atomic E-state index is 9.31. The van der Waals surface area contributed by atoms with Gasteiger partial charge >= 0.3 is 0 Å². The molecule has 92 valence electrons. The number of rotatable bonds is 2. The Labute approximate surface area is 102 Å². The zero-order valence-corrected chi connectivity index (χ0v) is 10.3.